The minimum Gasteiger partial charge on any atom is -0.349 e. The van der Waals surface area contributed by atoms with Crippen molar-refractivity contribution in [3.63, 3.8) is 0 Å². The van der Waals surface area contributed by atoms with Crippen molar-refractivity contribution in [2.24, 2.45) is 11.1 Å². The van der Waals surface area contributed by atoms with E-state index in [1.54, 1.807) is 0 Å². The molecule has 0 radical (unpaired) electrons. The number of benzene rings is 1. The maximum atomic E-state index is 12.3. The van der Waals surface area contributed by atoms with Crippen LogP contribution in [0.1, 0.15) is 36.9 Å². The number of piperidine rings is 1. The van der Waals surface area contributed by atoms with E-state index in [2.05, 4.69) is 5.32 Å². The lowest BCUT2D eigenvalue weighted by atomic mass is 9.96. The SMILES string of the molecule is Cc1ccc(C(C)NC(=O)C2CCN(S(N)(=O)=O)CC2)cc1. The summed E-state index contributed by atoms with van der Waals surface area (Å²) in [4.78, 5) is 12.3. The van der Waals surface area contributed by atoms with Crippen molar-refractivity contribution in [1.82, 2.24) is 9.62 Å². The first-order valence-corrected chi connectivity index (χ1v) is 8.92. The Hall–Kier alpha value is -1.44. The van der Waals surface area contributed by atoms with Gasteiger partial charge in [-0.15, -0.1) is 0 Å². The highest BCUT2D eigenvalue weighted by molar-refractivity contribution is 7.86. The molecule has 6 nitrogen and oxygen atoms in total. The molecular weight excluding hydrogens is 302 g/mol. The molecule has 3 N–H and O–H groups in total. The maximum Gasteiger partial charge on any atom is 0.276 e. The Kier molecular flexibility index (Phi) is 5.20. The van der Waals surface area contributed by atoms with Crippen LogP contribution in [0.4, 0.5) is 0 Å². The summed E-state index contributed by atoms with van der Waals surface area (Å²) in [5, 5.41) is 8.10. The Morgan fingerprint density at radius 3 is 2.32 bits per heavy atom. The first kappa shape index (κ1) is 16.9. The fourth-order valence-corrected chi connectivity index (χ4v) is 3.36. The number of rotatable bonds is 4. The number of amides is 1. The molecule has 1 aromatic rings. The molecule has 0 saturated carbocycles. The van der Waals surface area contributed by atoms with Gasteiger partial charge in [-0.25, -0.2) is 5.14 Å². The lowest BCUT2D eigenvalue weighted by molar-refractivity contribution is -0.126. The van der Waals surface area contributed by atoms with Gasteiger partial charge in [-0.2, -0.15) is 12.7 Å². The van der Waals surface area contributed by atoms with Crippen LogP contribution in [0.2, 0.25) is 0 Å². The van der Waals surface area contributed by atoms with Crippen LogP contribution in [0.5, 0.6) is 0 Å². The number of hydrogen-bond acceptors (Lipinski definition) is 3. The maximum absolute atomic E-state index is 12.3. The first-order valence-electron chi connectivity index (χ1n) is 7.42. The second kappa shape index (κ2) is 6.76. The van der Waals surface area contributed by atoms with Crippen molar-refractivity contribution in [1.29, 1.82) is 0 Å². The van der Waals surface area contributed by atoms with Crippen molar-refractivity contribution >= 4 is 16.1 Å². The lowest BCUT2D eigenvalue weighted by Gasteiger charge is -2.29. The molecule has 1 aliphatic rings. The average Bonchev–Trinajstić information content (AvgIpc) is 2.47. The minimum atomic E-state index is -3.64. The largest absolute Gasteiger partial charge is 0.349 e. The summed E-state index contributed by atoms with van der Waals surface area (Å²) in [5.41, 5.74) is 2.23. The number of aryl methyl sites for hydroxylation is 1. The molecule has 7 heteroatoms. The zero-order chi connectivity index (χ0) is 16.3. The van der Waals surface area contributed by atoms with Crippen LogP contribution < -0.4 is 10.5 Å². The quantitative estimate of drug-likeness (QED) is 0.868. The lowest BCUT2D eigenvalue weighted by Crippen LogP contribution is -2.45. The van der Waals surface area contributed by atoms with Crippen LogP contribution in [0.15, 0.2) is 24.3 Å². The highest BCUT2D eigenvalue weighted by Gasteiger charge is 2.29. The smallest absolute Gasteiger partial charge is 0.276 e. The molecule has 1 amide bonds. The van der Waals surface area contributed by atoms with Crippen molar-refractivity contribution in [2.45, 2.75) is 32.7 Å². The van der Waals surface area contributed by atoms with E-state index < -0.39 is 10.2 Å². The van der Waals surface area contributed by atoms with E-state index >= 15 is 0 Å². The zero-order valence-electron chi connectivity index (χ0n) is 13.0. The van der Waals surface area contributed by atoms with E-state index in [0.717, 1.165) is 5.56 Å². The Bertz CT molecular complexity index is 620. The van der Waals surface area contributed by atoms with E-state index in [0.29, 0.717) is 25.9 Å². The Morgan fingerprint density at radius 2 is 1.82 bits per heavy atom. The summed E-state index contributed by atoms with van der Waals surface area (Å²) in [6.45, 7) is 4.57. The molecule has 1 aliphatic heterocycles. The molecule has 1 heterocycles. The third kappa shape index (κ3) is 4.28. The number of nitrogens with zero attached hydrogens (tertiary/aromatic N) is 1. The summed E-state index contributed by atoms with van der Waals surface area (Å²) >= 11 is 0. The van der Waals surface area contributed by atoms with E-state index in [1.165, 1.54) is 9.87 Å². The molecule has 0 bridgehead atoms. The Balaban J connectivity index is 1.89. The Labute approximate surface area is 131 Å². The fraction of sp³-hybridized carbons (Fsp3) is 0.533. The molecule has 0 aliphatic carbocycles. The van der Waals surface area contributed by atoms with Gasteiger partial charge < -0.3 is 5.32 Å². The van der Waals surface area contributed by atoms with Gasteiger partial charge in [0.15, 0.2) is 0 Å². The normalized spacial score (nSPS) is 18.9. The van der Waals surface area contributed by atoms with Gasteiger partial charge in [-0.05, 0) is 32.3 Å². The van der Waals surface area contributed by atoms with Crippen LogP contribution in [-0.4, -0.2) is 31.7 Å². The molecule has 0 spiro atoms. The highest BCUT2D eigenvalue weighted by atomic mass is 32.2. The van der Waals surface area contributed by atoms with Gasteiger partial charge in [0.25, 0.3) is 10.2 Å². The number of hydrogen-bond donors (Lipinski definition) is 2. The van der Waals surface area contributed by atoms with Gasteiger partial charge in [0.2, 0.25) is 5.91 Å². The molecule has 0 aromatic heterocycles. The Morgan fingerprint density at radius 1 is 1.27 bits per heavy atom. The monoisotopic (exact) mass is 325 g/mol. The van der Waals surface area contributed by atoms with Crippen LogP contribution in [0.25, 0.3) is 0 Å². The molecule has 1 fully saturated rings. The second-order valence-electron chi connectivity index (χ2n) is 5.86. The number of carbonyl (C=O) groups excluding carboxylic acids is 1. The first-order chi connectivity index (χ1) is 10.3. The van der Waals surface area contributed by atoms with Gasteiger partial charge in [0, 0.05) is 19.0 Å². The van der Waals surface area contributed by atoms with Gasteiger partial charge >= 0.3 is 0 Å². The van der Waals surface area contributed by atoms with Gasteiger partial charge in [0.05, 0.1) is 6.04 Å². The van der Waals surface area contributed by atoms with Crippen LogP contribution in [0.3, 0.4) is 0 Å². The number of carbonyl (C=O) groups is 1. The predicted molar refractivity (Wildman–Crippen MR) is 85.1 cm³/mol. The zero-order valence-corrected chi connectivity index (χ0v) is 13.8. The average molecular weight is 325 g/mol. The van der Waals surface area contributed by atoms with Crippen LogP contribution in [0, 0.1) is 12.8 Å². The van der Waals surface area contributed by atoms with Crippen molar-refractivity contribution in [2.75, 3.05) is 13.1 Å². The van der Waals surface area contributed by atoms with Crippen LogP contribution >= 0.6 is 0 Å². The third-order valence-corrected chi connectivity index (χ3v) is 5.21. The highest BCUT2D eigenvalue weighted by Crippen LogP contribution is 2.20. The van der Waals surface area contributed by atoms with Crippen molar-refractivity contribution in [3.05, 3.63) is 35.4 Å². The molecule has 122 valence electrons. The fourth-order valence-electron chi connectivity index (χ4n) is 2.64. The van der Waals surface area contributed by atoms with Gasteiger partial charge in [-0.3, -0.25) is 4.79 Å². The molecule has 22 heavy (non-hydrogen) atoms. The standard InChI is InChI=1S/C15H23N3O3S/c1-11-3-5-13(6-4-11)12(2)17-15(19)14-7-9-18(10-8-14)22(16,20)21/h3-6,12,14H,7-10H2,1-2H3,(H,17,19)(H2,16,20,21). The molecular formula is C15H23N3O3S. The second-order valence-corrected chi connectivity index (χ2v) is 7.41. The molecule has 2 rings (SSSR count). The molecule has 1 aromatic carbocycles. The van der Waals surface area contributed by atoms with Gasteiger partial charge in [-0.1, -0.05) is 29.8 Å². The molecule has 1 unspecified atom stereocenters. The third-order valence-electron chi connectivity index (χ3n) is 4.12. The van der Waals surface area contributed by atoms with Crippen LogP contribution in [-0.2, 0) is 15.0 Å². The summed E-state index contributed by atoms with van der Waals surface area (Å²) in [6, 6.07) is 7.98. The topological polar surface area (TPSA) is 92.5 Å². The molecule has 1 atom stereocenters. The van der Waals surface area contributed by atoms with E-state index in [9.17, 15) is 13.2 Å². The van der Waals surface area contributed by atoms with Crippen molar-refractivity contribution < 1.29 is 13.2 Å². The summed E-state index contributed by atoms with van der Waals surface area (Å²) < 4.78 is 23.7. The predicted octanol–water partition coefficient (Wildman–Crippen LogP) is 1.09. The molecule has 1 saturated heterocycles. The van der Waals surface area contributed by atoms with E-state index in [4.69, 9.17) is 5.14 Å². The van der Waals surface area contributed by atoms with E-state index in [-0.39, 0.29) is 17.9 Å². The van der Waals surface area contributed by atoms with E-state index in [1.807, 2.05) is 38.1 Å². The van der Waals surface area contributed by atoms with Crippen molar-refractivity contribution in [3.8, 4) is 0 Å². The number of nitrogens with one attached hydrogen (secondary N) is 1. The van der Waals surface area contributed by atoms with Gasteiger partial charge in [0.1, 0.15) is 0 Å². The number of nitrogens with two attached hydrogens (primary N) is 1. The minimum absolute atomic E-state index is 0.0258. The summed E-state index contributed by atoms with van der Waals surface area (Å²) in [5.74, 6) is -0.187. The summed E-state index contributed by atoms with van der Waals surface area (Å²) in [6.07, 6.45) is 1.01. The summed E-state index contributed by atoms with van der Waals surface area (Å²) in [7, 11) is -3.64.